The van der Waals surface area contributed by atoms with Crippen LogP contribution in [0.2, 0.25) is 0 Å². The Balaban J connectivity index is 2.06. The summed E-state index contributed by atoms with van der Waals surface area (Å²) in [6, 6.07) is 13.6. The lowest BCUT2D eigenvalue weighted by Crippen LogP contribution is -1.92. The number of aromatic nitrogens is 2. The van der Waals surface area contributed by atoms with Gasteiger partial charge in [-0.2, -0.15) is 0 Å². The van der Waals surface area contributed by atoms with E-state index in [2.05, 4.69) is 16.0 Å². The lowest BCUT2D eigenvalue weighted by molar-refractivity contribution is 0.415. The zero-order valence-electron chi connectivity index (χ0n) is 10.5. The van der Waals surface area contributed by atoms with Crippen molar-refractivity contribution < 1.29 is 4.74 Å². The first kappa shape index (κ1) is 11.5. The number of methoxy groups -OCH3 is 1. The van der Waals surface area contributed by atoms with Gasteiger partial charge in [-0.05, 0) is 35.9 Å². The standard InChI is InChI=1S/C15H13N3O/c1-19-13-5-2-10(3-6-13)12-8-11-4-7-14(16)18-15(11)17-9-12/h2-9H,1H3,(H2,16,17,18). The molecular weight excluding hydrogens is 238 g/mol. The monoisotopic (exact) mass is 251 g/mol. The Bertz CT molecular complexity index is 723. The van der Waals surface area contributed by atoms with E-state index in [1.54, 1.807) is 19.4 Å². The van der Waals surface area contributed by atoms with Gasteiger partial charge < -0.3 is 10.5 Å². The highest BCUT2D eigenvalue weighted by molar-refractivity contribution is 5.81. The summed E-state index contributed by atoms with van der Waals surface area (Å²) < 4.78 is 5.15. The van der Waals surface area contributed by atoms with Crippen LogP contribution in [0.15, 0.2) is 48.7 Å². The van der Waals surface area contributed by atoms with E-state index in [4.69, 9.17) is 10.5 Å². The molecule has 0 saturated heterocycles. The van der Waals surface area contributed by atoms with Crippen LogP contribution in [0, 0.1) is 0 Å². The summed E-state index contributed by atoms with van der Waals surface area (Å²) in [4.78, 5) is 8.52. The third kappa shape index (κ3) is 2.20. The molecule has 2 N–H and O–H groups in total. The fraction of sp³-hybridized carbons (Fsp3) is 0.0667. The number of nitrogens with zero attached hydrogens (tertiary/aromatic N) is 2. The molecule has 0 spiro atoms. The molecule has 0 aliphatic heterocycles. The van der Waals surface area contributed by atoms with Crippen LogP contribution in [0.5, 0.6) is 5.75 Å². The van der Waals surface area contributed by atoms with Crippen LogP contribution in [0.1, 0.15) is 0 Å². The van der Waals surface area contributed by atoms with Crippen molar-refractivity contribution in [2.75, 3.05) is 12.8 Å². The van der Waals surface area contributed by atoms with Crippen LogP contribution in [0.25, 0.3) is 22.2 Å². The molecule has 0 bridgehead atoms. The normalized spacial score (nSPS) is 10.6. The number of ether oxygens (including phenoxy) is 1. The van der Waals surface area contributed by atoms with Crippen LogP contribution in [0.3, 0.4) is 0 Å². The minimum atomic E-state index is 0.484. The summed E-state index contributed by atoms with van der Waals surface area (Å²) >= 11 is 0. The summed E-state index contributed by atoms with van der Waals surface area (Å²) in [5.41, 5.74) is 8.44. The van der Waals surface area contributed by atoms with E-state index in [0.29, 0.717) is 11.5 Å². The number of pyridine rings is 2. The lowest BCUT2D eigenvalue weighted by atomic mass is 10.1. The number of anilines is 1. The molecule has 0 radical (unpaired) electrons. The van der Waals surface area contributed by atoms with Gasteiger partial charge in [-0.15, -0.1) is 0 Å². The minimum Gasteiger partial charge on any atom is -0.497 e. The predicted octanol–water partition coefficient (Wildman–Crippen LogP) is 2.89. The number of fused-ring (bicyclic) bond motifs is 1. The van der Waals surface area contributed by atoms with Crippen molar-refractivity contribution in [3.05, 3.63) is 48.7 Å². The van der Waals surface area contributed by atoms with Crippen molar-refractivity contribution in [1.29, 1.82) is 0 Å². The van der Waals surface area contributed by atoms with Gasteiger partial charge >= 0.3 is 0 Å². The Labute approximate surface area is 110 Å². The number of hydrogen-bond donors (Lipinski definition) is 1. The van der Waals surface area contributed by atoms with E-state index in [9.17, 15) is 0 Å². The fourth-order valence-electron chi connectivity index (χ4n) is 1.97. The van der Waals surface area contributed by atoms with E-state index < -0.39 is 0 Å². The van der Waals surface area contributed by atoms with E-state index in [1.165, 1.54) is 0 Å². The molecule has 0 aliphatic carbocycles. The van der Waals surface area contributed by atoms with Gasteiger partial charge in [0.15, 0.2) is 5.65 Å². The van der Waals surface area contributed by atoms with Crippen LogP contribution in [-0.4, -0.2) is 17.1 Å². The number of hydrogen-bond acceptors (Lipinski definition) is 4. The predicted molar refractivity (Wildman–Crippen MR) is 75.9 cm³/mol. The molecule has 4 heteroatoms. The summed E-state index contributed by atoms with van der Waals surface area (Å²) in [5.74, 6) is 1.32. The van der Waals surface area contributed by atoms with Crippen molar-refractivity contribution in [3.8, 4) is 16.9 Å². The first-order chi connectivity index (χ1) is 9.26. The number of rotatable bonds is 2. The van der Waals surface area contributed by atoms with Gasteiger partial charge in [0, 0.05) is 17.1 Å². The maximum atomic E-state index is 5.64. The Morgan fingerprint density at radius 1 is 1.00 bits per heavy atom. The van der Waals surface area contributed by atoms with Gasteiger partial charge in [-0.25, -0.2) is 9.97 Å². The minimum absolute atomic E-state index is 0.484. The van der Waals surface area contributed by atoms with E-state index in [0.717, 1.165) is 22.3 Å². The van der Waals surface area contributed by atoms with Gasteiger partial charge in [0.25, 0.3) is 0 Å². The Hall–Kier alpha value is -2.62. The van der Waals surface area contributed by atoms with Crippen molar-refractivity contribution in [2.45, 2.75) is 0 Å². The van der Waals surface area contributed by atoms with Crippen molar-refractivity contribution >= 4 is 16.9 Å². The molecule has 1 aromatic carbocycles. The number of nitrogen functional groups attached to an aromatic ring is 1. The molecule has 2 heterocycles. The molecule has 4 nitrogen and oxygen atoms in total. The number of nitrogens with two attached hydrogens (primary N) is 1. The largest absolute Gasteiger partial charge is 0.497 e. The Morgan fingerprint density at radius 2 is 1.79 bits per heavy atom. The highest BCUT2D eigenvalue weighted by Gasteiger charge is 2.02. The third-order valence-corrected chi connectivity index (χ3v) is 2.99. The van der Waals surface area contributed by atoms with Crippen LogP contribution in [-0.2, 0) is 0 Å². The molecule has 0 unspecified atom stereocenters. The molecule has 0 amide bonds. The first-order valence-electron chi connectivity index (χ1n) is 5.93. The van der Waals surface area contributed by atoms with Crippen LogP contribution >= 0.6 is 0 Å². The average molecular weight is 251 g/mol. The van der Waals surface area contributed by atoms with E-state index in [1.807, 2.05) is 30.3 Å². The maximum Gasteiger partial charge on any atom is 0.161 e. The van der Waals surface area contributed by atoms with Gasteiger partial charge in [0.1, 0.15) is 11.6 Å². The van der Waals surface area contributed by atoms with Gasteiger partial charge in [-0.1, -0.05) is 12.1 Å². The van der Waals surface area contributed by atoms with Crippen molar-refractivity contribution in [2.24, 2.45) is 0 Å². The summed E-state index contributed by atoms with van der Waals surface area (Å²) in [6.45, 7) is 0. The molecule has 0 atom stereocenters. The molecule has 3 aromatic rings. The summed E-state index contributed by atoms with van der Waals surface area (Å²) in [7, 11) is 1.66. The second-order valence-electron chi connectivity index (χ2n) is 4.24. The summed E-state index contributed by atoms with van der Waals surface area (Å²) in [6.07, 6.45) is 1.80. The van der Waals surface area contributed by atoms with E-state index >= 15 is 0 Å². The quantitative estimate of drug-likeness (QED) is 0.760. The molecule has 0 fully saturated rings. The van der Waals surface area contributed by atoms with Crippen molar-refractivity contribution in [3.63, 3.8) is 0 Å². The van der Waals surface area contributed by atoms with Gasteiger partial charge in [-0.3, -0.25) is 0 Å². The van der Waals surface area contributed by atoms with Crippen LogP contribution < -0.4 is 10.5 Å². The van der Waals surface area contributed by atoms with Gasteiger partial charge in [0.2, 0.25) is 0 Å². The first-order valence-corrected chi connectivity index (χ1v) is 5.93. The molecular formula is C15H13N3O. The number of benzene rings is 1. The lowest BCUT2D eigenvalue weighted by Gasteiger charge is -2.05. The topological polar surface area (TPSA) is 61.0 Å². The zero-order valence-corrected chi connectivity index (χ0v) is 10.5. The molecule has 0 saturated carbocycles. The second kappa shape index (κ2) is 4.57. The van der Waals surface area contributed by atoms with Gasteiger partial charge in [0.05, 0.1) is 7.11 Å². The smallest absolute Gasteiger partial charge is 0.161 e. The second-order valence-corrected chi connectivity index (χ2v) is 4.24. The van der Waals surface area contributed by atoms with Crippen LogP contribution in [0.4, 0.5) is 5.82 Å². The molecule has 19 heavy (non-hydrogen) atoms. The molecule has 0 aliphatic rings. The van der Waals surface area contributed by atoms with E-state index in [-0.39, 0.29) is 0 Å². The third-order valence-electron chi connectivity index (χ3n) is 2.99. The van der Waals surface area contributed by atoms with Crippen molar-refractivity contribution in [1.82, 2.24) is 9.97 Å². The highest BCUT2D eigenvalue weighted by atomic mass is 16.5. The summed E-state index contributed by atoms with van der Waals surface area (Å²) in [5, 5.41) is 0.975. The highest BCUT2D eigenvalue weighted by Crippen LogP contribution is 2.24. The SMILES string of the molecule is COc1ccc(-c2cnc3nc(N)ccc3c2)cc1. The molecule has 3 rings (SSSR count). The molecule has 94 valence electrons. The average Bonchev–Trinajstić information content (AvgIpc) is 2.47. The Morgan fingerprint density at radius 3 is 2.53 bits per heavy atom. The Kier molecular flexibility index (Phi) is 2.76. The fourth-order valence-corrected chi connectivity index (χ4v) is 1.97. The maximum absolute atomic E-state index is 5.64. The zero-order chi connectivity index (χ0) is 13.2. The molecule has 2 aromatic heterocycles.